The van der Waals surface area contributed by atoms with Crippen molar-refractivity contribution in [1.82, 2.24) is 10.4 Å². The molecule has 0 radical (unpaired) electrons. The van der Waals surface area contributed by atoms with Crippen molar-refractivity contribution in [3.8, 4) is 11.3 Å². The number of para-hydroxylation sites is 1. The maximum atomic E-state index is 13.0. The zero-order valence-corrected chi connectivity index (χ0v) is 16.4. The van der Waals surface area contributed by atoms with Crippen LogP contribution in [0.4, 0.5) is 0 Å². The van der Waals surface area contributed by atoms with E-state index in [-0.39, 0.29) is 5.91 Å². The van der Waals surface area contributed by atoms with E-state index in [0.717, 1.165) is 28.6 Å². The third-order valence-electron chi connectivity index (χ3n) is 6.07. The first kappa shape index (κ1) is 17.8. The second-order valence-electron chi connectivity index (χ2n) is 8.10. The molecular weight excluding hydrogens is 358 g/mol. The molecule has 4 nitrogen and oxygen atoms in total. The molecule has 0 spiro atoms. The molecule has 4 heteroatoms. The maximum Gasteiger partial charge on any atom is 0.272 e. The zero-order chi connectivity index (χ0) is 19.8. The number of nitrogens with zero attached hydrogens (tertiary/aromatic N) is 2. The van der Waals surface area contributed by atoms with E-state index in [4.69, 9.17) is 4.98 Å². The van der Waals surface area contributed by atoms with Crippen LogP contribution >= 0.6 is 0 Å². The highest BCUT2D eigenvalue weighted by Crippen LogP contribution is 2.42. The maximum absolute atomic E-state index is 13.0. The summed E-state index contributed by atoms with van der Waals surface area (Å²) in [7, 11) is 0. The van der Waals surface area contributed by atoms with E-state index in [2.05, 4.69) is 41.7 Å². The molecule has 1 fully saturated rings. The summed E-state index contributed by atoms with van der Waals surface area (Å²) in [6.07, 6.45) is 8.87. The Morgan fingerprint density at radius 2 is 1.93 bits per heavy atom. The molecule has 2 bridgehead atoms. The highest BCUT2D eigenvalue weighted by Gasteiger charge is 2.34. The third-order valence-corrected chi connectivity index (χ3v) is 6.07. The third kappa shape index (κ3) is 3.46. The first-order valence-electron chi connectivity index (χ1n) is 10.2. The minimum atomic E-state index is -0.202. The van der Waals surface area contributed by atoms with Crippen LogP contribution in [0.2, 0.25) is 0 Å². The first-order valence-corrected chi connectivity index (χ1v) is 10.2. The smallest absolute Gasteiger partial charge is 0.267 e. The lowest BCUT2D eigenvalue weighted by atomic mass is 9.95. The molecule has 1 aromatic heterocycles. The van der Waals surface area contributed by atoms with Gasteiger partial charge in [0.25, 0.3) is 5.91 Å². The van der Waals surface area contributed by atoms with Crippen LogP contribution in [0.3, 0.4) is 0 Å². The van der Waals surface area contributed by atoms with Crippen molar-refractivity contribution in [2.24, 2.45) is 22.9 Å². The molecule has 144 valence electrons. The molecular formula is C25H23N3O. The van der Waals surface area contributed by atoms with Crippen molar-refractivity contribution in [3.63, 3.8) is 0 Å². The Balaban J connectivity index is 1.44. The van der Waals surface area contributed by atoms with Gasteiger partial charge >= 0.3 is 0 Å². The van der Waals surface area contributed by atoms with Crippen LogP contribution in [0.5, 0.6) is 0 Å². The van der Waals surface area contributed by atoms with Crippen LogP contribution < -0.4 is 5.43 Å². The number of hydrazone groups is 1. The van der Waals surface area contributed by atoms with E-state index in [0.29, 0.717) is 23.3 Å². The average molecular weight is 381 g/mol. The second kappa shape index (κ2) is 7.28. The standard InChI is InChI=1S/C25H23N3O/c1-16-6-9-18(10-7-16)24-14-22(21-4-2-3-5-23(21)27-24)25(29)28-26-15-20-13-17-8-11-19(20)12-17/h2-11,14-15,17,19-20H,12-13H2,1H3,(H,28,29)/b26-15-/t17-,19+,20+/m0/s1. The molecule has 5 rings (SSSR count). The predicted octanol–water partition coefficient (Wildman–Crippen LogP) is 5.14. The summed E-state index contributed by atoms with van der Waals surface area (Å²) in [6, 6.07) is 17.8. The largest absolute Gasteiger partial charge is 0.272 e. The number of allylic oxidation sites excluding steroid dienone is 2. The van der Waals surface area contributed by atoms with Crippen molar-refractivity contribution in [1.29, 1.82) is 0 Å². The summed E-state index contributed by atoms with van der Waals surface area (Å²) in [5.41, 5.74) is 7.11. The van der Waals surface area contributed by atoms with Gasteiger partial charge in [0, 0.05) is 23.1 Å². The zero-order valence-electron chi connectivity index (χ0n) is 16.4. The van der Waals surface area contributed by atoms with E-state index < -0.39 is 0 Å². The van der Waals surface area contributed by atoms with Crippen LogP contribution in [-0.2, 0) is 0 Å². The van der Waals surface area contributed by atoms with Gasteiger partial charge in [-0.25, -0.2) is 10.4 Å². The summed E-state index contributed by atoms with van der Waals surface area (Å²) in [5.74, 6) is 1.50. The van der Waals surface area contributed by atoms with Gasteiger partial charge in [-0.2, -0.15) is 5.10 Å². The molecule has 2 aliphatic rings. The molecule has 0 saturated heterocycles. The summed E-state index contributed by atoms with van der Waals surface area (Å²) < 4.78 is 0. The number of amides is 1. The van der Waals surface area contributed by atoms with Crippen LogP contribution in [0.25, 0.3) is 22.2 Å². The van der Waals surface area contributed by atoms with Gasteiger partial charge in [-0.15, -0.1) is 0 Å². The Kier molecular flexibility index (Phi) is 4.47. The molecule has 3 atom stereocenters. The number of carbonyl (C=O) groups is 1. The molecule has 1 heterocycles. The van der Waals surface area contributed by atoms with Gasteiger partial charge < -0.3 is 0 Å². The highest BCUT2D eigenvalue weighted by atomic mass is 16.2. The second-order valence-corrected chi connectivity index (χ2v) is 8.10. The molecule has 3 aromatic rings. The molecule has 2 aliphatic carbocycles. The summed E-state index contributed by atoms with van der Waals surface area (Å²) in [5, 5.41) is 5.12. The van der Waals surface area contributed by atoms with Crippen molar-refractivity contribution in [2.75, 3.05) is 0 Å². The van der Waals surface area contributed by atoms with Crippen molar-refractivity contribution in [2.45, 2.75) is 19.8 Å². The fraction of sp³-hybridized carbons (Fsp3) is 0.240. The number of aromatic nitrogens is 1. The van der Waals surface area contributed by atoms with Crippen LogP contribution in [0.15, 0.2) is 71.9 Å². The minimum Gasteiger partial charge on any atom is -0.267 e. The number of pyridine rings is 1. The lowest BCUT2D eigenvalue weighted by molar-refractivity contribution is 0.0956. The average Bonchev–Trinajstić information content (AvgIpc) is 3.37. The fourth-order valence-electron chi connectivity index (χ4n) is 4.48. The van der Waals surface area contributed by atoms with Crippen molar-refractivity contribution >= 4 is 23.0 Å². The first-order chi connectivity index (χ1) is 14.2. The number of hydrogen-bond donors (Lipinski definition) is 1. The lowest BCUT2D eigenvalue weighted by Gasteiger charge is -2.12. The summed E-state index contributed by atoms with van der Waals surface area (Å²) in [4.78, 5) is 17.7. The number of rotatable bonds is 4. The molecule has 1 N–H and O–H groups in total. The fourth-order valence-corrected chi connectivity index (χ4v) is 4.48. The molecule has 2 aromatic carbocycles. The lowest BCUT2D eigenvalue weighted by Crippen LogP contribution is -2.20. The SMILES string of the molecule is Cc1ccc(-c2cc(C(=O)N/N=C\[C@H]3C[C@H]4C=C[C@@H]3C4)c3ccccc3n2)cc1. The topological polar surface area (TPSA) is 54.4 Å². The van der Waals surface area contributed by atoms with Crippen molar-refractivity contribution < 1.29 is 4.79 Å². The number of nitrogens with one attached hydrogen (secondary N) is 1. The highest BCUT2D eigenvalue weighted by molar-refractivity contribution is 6.07. The van der Waals surface area contributed by atoms with Gasteiger partial charge in [0.15, 0.2) is 0 Å². The van der Waals surface area contributed by atoms with Gasteiger partial charge in [0.1, 0.15) is 0 Å². The molecule has 29 heavy (non-hydrogen) atoms. The number of fused-ring (bicyclic) bond motifs is 3. The van der Waals surface area contributed by atoms with E-state index in [1.807, 2.05) is 48.7 Å². The van der Waals surface area contributed by atoms with Gasteiger partial charge in [0.05, 0.1) is 16.8 Å². The number of hydrogen-bond acceptors (Lipinski definition) is 3. The molecule has 0 aliphatic heterocycles. The van der Waals surface area contributed by atoms with E-state index in [1.165, 1.54) is 12.0 Å². The van der Waals surface area contributed by atoms with Crippen molar-refractivity contribution in [3.05, 3.63) is 77.9 Å². The van der Waals surface area contributed by atoms with Gasteiger partial charge in [-0.05, 0) is 43.7 Å². The Hall–Kier alpha value is -3.27. The Morgan fingerprint density at radius 1 is 1.10 bits per heavy atom. The number of benzene rings is 2. The number of carbonyl (C=O) groups excluding carboxylic acids is 1. The van der Waals surface area contributed by atoms with E-state index in [1.54, 1.807) is 0 Å². The van der Waals surface area contributed by atoms with Gasteiger partial charge in [-0.3, -0.25) is 4.79 Å². The minimum absolute atomic E-state index is 0.202. The van der Waals surface area contributed by atoms with Crippen LogP contribution in [-0.4, -0.2) is 17.1 Å². The molecule has 1 amide bonds. The van der Waals surface area contributed by atoms with Crippen LogP contribution in [0.1, 0.15) is 28.8 Å². The van der Waals surface area contributed by atoms with Crippen LogP contribution in [0, 0.1) is 24.7 Å². The quantitative estimate of drug-likeness (QED) is 0.387. The van der Waals surface area contributed by atoms with E-state index >= 15 is 0 Å². The van der Waals surface area contributed by atoms with Gasteiger partial charge in [0.2, 0.25) is 0 Å². The summed E-state index contributed by atoms with van der Waals surface area (Å²) >= 11 is 0. The normalized spacial score (nSPS) is 22.6. The number of aryl methyl sites for hydroxylation is 1. The Labute approximate surface area is 170 Å². The molecule has 0 unspecified atom stereocenters. The summed E-state index contributed by atoms with van der Waals surface area (Å²) in [6.45, 7) is 2.06. The molecule has 1 saturated carbocycles. The monoisotopic (exact) mass is 381 g/mol. The van der Waals surface area contributed by atoms with E-state index in [9.17, 15) is 4.79 Å². The predicted molar refractivity (Wildman–Crippen MR) is 117 cm³/mol. The van der Waals surface area contributed by atoms with Gasteiger partial charge in [-0.1, -0.05) is 60.2 Å². The Bertz CT molecular complexity index is 1130. The Morgan fingerprint density at radius 3 is 2.69 bits per heavy atom.